The number of nitrogens with one attached hydrogen (secondary N) is 1. The lowest BCUT2D eigenvalue weighted by atomic mass is 9.92. The fraction of sp³-hybridized carbons (Fsp3) is 0.625. The van der Waals surface area contributed by atoms with Gasteiger partial charge in [-0.3, -0.25) is 0 Å². The van der Waals surface area contributed by atoms with Gasteiger partial charge in [-0.15, -0.1) is 0 Å². The molecule has 10 heavy (non-hydrogen) atoms. The number of hydrogen-bond donors (Lipinski definition) is 1. The van der Waals surface area contributed by atoms with Crippen molar-refractivity contribution < 1.29 is 0 Å². The van der Waals surface area contributed by atoms with Crippen LogP contribution in [0.15, 0.2) is 6.33 Å². The Labute approximate surface area is 60.7 Å². The molecule has 1 aliphatic rings. The van der Waals surface area contributed by atoms with E-state index in [0.717, 1.165) is 5.92 Å². The normalized spacial score (nSPS) is 24.3. The number of aromatic amines is 1. The Balaban J connectivity index is 2.30. The van der Waals surface area contributed by atoms with Crippen molar-refractivity contribution in [3.63, 3.8) is 0 Å². The molecule has 2 heteroatoms. The molecule has 0 saturated heterocycles. The largest absolute Gasteiger partial charge is 0.348 e. The van der Waals surface area contributed by atoms with Gasteiger partial charge < -0.3 is 4.98 Å². The fourth-order valence-corrected chi connectivity index (χ4v) is 1.58. The van der Waals surface area contributed by atoms with E-state index in [1.165, 1.54) is 30.7 Å². The standard InChI is InChI=1S/C8H12N2/c1-6-2-3-7-8(4-6)10-5-9-7/h5-6H,2-4H2,1H3,(H,9,10)/t6-/m0/s1. The third-order valence-electron chi connectivity index (χ3n) is 2.23. The summed E-state index contributed by atoms with van der Waals surface area (Å²) >= 11 is 0. The summed E-state index contributed by atoms with van der Waals surface area (Å²) in [6, 6.07) is 0. The van der Waals surface area contributed by atoms with E-state index in [1.807, 2.05) is 6.33 Å². The molecule has 0 fully saturated rings. The maximum Gasteiger partial charge on any atom is 0.0925 e. The van der Waals surface area contributed by atoms with E-state index in [9.17, 15) is 0 Å². The lowest BCUT2D eigenvalue weighted by Crippen LogP contribution is -2.10. The van der Waals surface area contributed by atoms with Gasteiger partial charge in [-0.05, 0) is 25.2 Å². The first-order chi connectivity index (χ1) is 4.86. The minimum Gasteiger partial charge on any atom is -0.348 e. The van der Waals surface area contributed by atoms with Gasteiger partial charge in [-0.1, -0.05) is 6.92 Å². The number of imidazole rings is 1. The zero-order valence-corrected chi connectivity index (χ0v) is 6.22. The Kier molecular flexibility index (Phi) is 1.26. The number of fused-ring (bicyclic) bond motifs is 1. The topological polar surface area (TPSA) is 28.7 Å². The molecule has 54 valence electrons. The average molecular weight is 136 g/mol. The third-order valence-corrected chi connectivity index (χ3v) is 2.23. The first-order valence-electron chi connectivity index (χ1n) is 3.87. The zero-order chi connectivity index (χ0) is 6.97. The van der Waals surface area contributed by atoms with Gasteiger partial charge in [0.05, 0.1) is 12.0 Å². The number of nitrogens with zero attached hydrogens (tertiary/aromatic N) is 1. The summed E-state index contributed by atoms with van der Waals surface area (Å²) in [4.78, 5) is 7.41. The van der Waals surface area contributed by atoms with Crippen LogP contribution in [0.1, 0.15) is 24.7 Å². The fourth-order valence-electron chi connectivity index (χ4n) is 1.58. The number of rotatable bonds is 0. The molecule has 0 radical (unpaired) electrons. The molecular formula is C8H12N2. The molecule has 2 nitrogen and oxygen atoms in total. The molecule has 1 heterocycles. The van der Waals surface area contributed by atoms with Crippen molar-refractivity contribution in [2.24, 2.45) is 5.92 Å². The predicted octanol–water partition coefficient (Wildman–Crippen LogP) is 1.53. The van der Waals surface area contributed by atoms with Gasteiger partial charge in [0.2, 0.25) is 0 Å². The van der Waals surface area contributed by atoms with Crippen molar-refractivity contribution in [2.45, 2.75) is 26.2 Å². The predicted molar refractivity (Wildman–Crippen MR) is 39.8 cm³/mol. The molecule has 1 aliphatic carbocycles. The summed E-state index contributed by atoms with van der Waals surface area (Å²) < 4.78 is 0. The van der Waals surface area contributed by atoms with Crippen LogP contribution >= 0.6 is 0 Å². The summed E-state index contributed by atoms with van der Waals surface area (Å²) in [5.74, 6) is 0.841. The van der Waals surface area contributed by atoms with Gasteiger partial charge in [0, 0.05) is 5.69 Å². The van der Waals surface area contributed by atoms with Crippen LogP contribution < -0.4 is 0 Å². The Hall–Kier alpha value is -0.790. The van der Waals surface area contributed by atoms with Crippen molar-refractivity contribution in [3.05, 3.63) is 17.7 Å². The monoisotopic (exact) mass is 136 g/mol. The van der Waals surface area contributed by atoms with E-state index < -0.39 is 0 Å². The number of aromatic nitrogens is 2. The van der Waals surface area contributed by atoms with Gasteiger partial charge in [-0.2, -0.15) is 0 Å². The van der Waals surface area contributed by atoms with E-state index in [0.29, 0.717) is 0 Å². The van der Waals surface area contributed by atoms with Gasteiger partial charge in [0.25, 0.3) is 0 Å². The molecule has 0 saturated carbocycles. The molecule has 1 aromatic heterocycles. The third kappa shape index (κ3) is 0.838. The molecule has 1 N–H and O–H groups in total. The second-order valence-electron chi connectivity index (χ2n) is 3.18. The molecule has 0 aromatic carbocycles. The molecule has 1 atom stereocenters. The number of H-pyrrole nitrogens is 1. The van der Waals surface area contributed by atoms with E-state index in [1.54, 1.807) is 0 Å². The van der Waals surface area contributed by atoms with Crippen molar-refractivity contribution in [3.8, 4) is 0 Å². The van der Waals surface area contributed by atoms with Crippen molar-refractivity contribution in [1.29, 1.82) is 0 Å². The van der Waals surface area contributed by atoms with Crippen molar-refractivity contribution in [1.82, 2.24) is 9.97 Å². The highest BCUT2D eigenvalue weighted by atomic mass is 14.9. The van der Waals surface area contributed by atoms with E-state index in [2.05, 4.69) is 16.9 Å². The van der Waals surface area contributed by atoms with Gasteiger partial charge >= 0.3 is 0 Å². The van der Waals surface area contributed by atoms with Gasteiger partial charge in [-0.25, -0.2) is 4.98 Å². The second kappa shape index (κ2) is 2.11. The summed E-state index contributed by atoms with van der Waals surface area (Å²) in [6.45, 7) is 2.30. The highest BCUT2D eigenvalue weighted by Gasteiger charge is 2.15. The van der Waals surface area contributed by atoms with Crippen LogP contribution in [-0.2, 0) is 12.8 Å². The smallest absolute Gasteiger partial charge is 0.0925 e. The Morgan fingerprint density at radius 1 is 1.70 bits per heavy atom. The quantitative estimate of drug-likeness (QED) is 0.575. The molecule has 0 unspecified atom stereocenters. The molecule has 0 amide bonds. The van der Waals surface area contributed by atoms with Crippen LogP contribution in [0.2, 0.25) is 0 Å². The van der Waals surface area contributed by atoms with Gasteiger partial charge in [0.1, 0.15) is 0 Å². The molecule has 0 bridgehead atoms. The van der Waals surface area contributed by atoms with Crippen LogP contribution in [0, 0.1) is 5.92 Å². The molecule has 0 aliphatic heterocycles. The lowest BCUT2D eigenvalue weighted by Gasteiger charge is -2.15. The number of aryl methyl sites for hydroxylation is 1. The van der Waals surface area contributed by atoms with E-state index in [-0.39, 0.29) is 0 Å². The minimum absolute atomic E-state index is 0.841. The van der Waals surface area contributed by atoms with Crippen LogP contribution in [0.25, 0.3) is 0 Å². The summed E-state index contributed by atoms with van der Waals surface area (Å²) in [7, 11) is 0. The zero-order valence-electron chi connectivity index (χ0n) is 6.22. The van der Waals surface area contributed by atoms with Crippen molar-refractivity contribution >= 4 is 0 Å². The minimum atomic E-state index is 0.841. The number of hydrogen-bond acceptors (Lipinski definition) is 1. The second-order valence-corrected chi connectivity index (χ2v) is 3.18. The van der Waals surface area contributed by atoms with E-state index in [4.69, 9.17) is 0 Å². The molecule has 2 rings (SSSR count). The maximum atomic E-state index is 4.24. The van der Waals surface area contributed by atoms with Crippen LogP contribution in [0.4, 0.5) is 0 Å². The Bertz CT molecular complexity index is 227. The first kappa shape index (κ1) is 5.96. The highest BCUT2D eigenvalue weighted by Crippen LogP contribution is 2.21. The van der Waals surface area contributed by atoms with Crippen LogP contribution in [0.5, 0.6) is 0 Å². The maximum absolute atomic E-state index is 4.24. The lowest BCUT2D eigenvalue weighted by molar-refractivity contribution is 0.492. The van der Waals surface area contributed by atoms with Crippen LogP contribution in [0.3, 0.4) is 0 Å². The van der Waals surface area contributed by atoms with Gasteiger partial charge in [0.15, 0.2) is 0 Å². The average Bonchev–Trinajstić information content (AvgIpc) is 2.33. The molecule has 0 spiro atoms. The molecule has 1 aromatic rings. The molecular weight excluding hydrogens is 124 g/mol. The summed E-state index contributed by atoms with van der Waals surface area (Å²) in [6.07, 6.45) is 5.47. The highest BCUT2D eigenvalue weighted by molar-refractivity contribution is 5.14. The van der Waals surface area contributed by atoms with Crippen LogP contribution in [-0.4, -0.2) is 9.97 Å². The Morgan fingerprint density at radius 2 is 2.60 bits per heavy atom. The Morgan fingerprint density at radius 3 is 3.50 bits per heavy atom. The first-order valence-corrected chi connectivity index (χ1v) is 3.87. The van der Waals surface area contributed by atoms with E-state index >= 15 is 0 Å². The SMILES string of the molecule is C[C@H]1CCc2nc[nH]c2C1. The summed E-state index contributed by atoms with van der Waals surface area (Å²) in [5, 5.41) is 0. The van der Waals surface area contributed by atoms with Crippen molar-refractivity contribution in [2.75, 3.05) is 0 Å². The summed E-state index contributed by atoms with van der Waals surface area (Å²) in [5.41, 5.74) is 2.65.